The average Bonchev–Trinajstić information content (AvgIpc) is 3.11. The molecule has 1 fully saturated rings. The Kier molecular flexibility index (Phi) is 6.34. The van der Waals surface area contributed by atoms with E-state index in [0.29, 0.717) is 24.1 Å². The van der Waals surface area contributed by atoms with Crippen LogP contribution in [0.4, 0.5) is 0 Å². The van der Waals surface area contributed by atoms with Crippen molar-refractivity contribution in [1.82, 2.24) is 29.5 Å². The number of hydrogen-bond acceptors (Lipinski definition) is 5. The number of aryl methyl sites for hydroxylation is 2. The lowest BCUT2D eigenvalue weighted by Crippen LogP contribution is -2.50. The quantitative estimate of drug-likeness (QED) is 0.692. The maximum atomic E-state index is 13.1. The van der Waals surface area contributed by atoms with Crippen LogP contribution in [-0.4, -0.2) is 49.8 Å². The van der Waals surface area contributed by atoms with E-state index in [1.807, 2.05) is 4.90 Å². The number of amides is 1. The highest BCUT2D eigenvalue weighted by Crippen LogP contribution is 2.23. The third kappa shape index (κ3) is 4.04. The number of hydrogen-bond donors (Lipinski definition) is 1. The Morgan fingerprint density at radius 2 is 2.03 bits per heavy atom. The van der Waals surface area contributed by atoms with Crippen LogP contribution in [0.2, 0.25) is 0 Å². The Labute approximate surface area is 174 Å². The number of aromatic nitrogens is 4. The summed E-state index contributed by atoms with van der Waals surface area (Å²) >= 11 is 0. The van der Waals surface area contributed by atoms with Crippen molar-refractivity contribution in [3.63, 3.8) is 0 Å². The van der Waals surface area contributed by atoms with Crippen molar-refractivity contribution in [3.05, 3.63) is 58.3 Å². The van der Waals surface area contributed by atoms with E-state index in [-0.39, 0.29) is 36.5 Å². The van der Waals surface area contributed by atoms with Gasteiger partial charge in [-0.3, -0.25) is 18.8 Å². The minimum absolute atomic E-state index is 0. The van der Waals surface area contributed by atoms with Gasteiger partial charge in [0, 0.05) is 26.7 Å². The Balaban J connectivity index is 0.00000240. The largest absolute Gasteiger partial charge is 0.332 e. The second kappa shape index (κ2) is 8.75. The van der Waals surface area contributed by atoms with E-state index < -0.39 is 0 Å². The summed E-state index contributed by atoms with van der Waals surface area (Å²) in [6.45, 7) is 4.14. The molecule has 154 valence electrons. The third-order valence-electron chi connectivity index (χ3n) is 5.36. The Bertz CT molecular complexity index is 1060. The fourth-order valence-electron chi connectivity index (χ4n) is 3.69. The maximum Gasteiger partial charge on any atom is 0.264 e. The molecule has 4 rings (SSSR count). The average molecular weight is 417 g/mol. The summed E-state index contributed by atoms with van der Waals surface area (Å²) < 4.78 is 2.92. The first kappa shape index (κ1) is 21.0. The van der Waals surface area contributed by atoms with Gasteiger partial charge >= 0.3 is 0 Å². The molecule has 1 unspecified atom stereocenters. The summed E-state index contributed by atoms with van der Waals surface area (Å²) in [5.41, 5.74) is 2.65. The number of fused-ring (bicyclic) bond motifs is 1. The van der Waals surface area contributed by atoms with Gasteiger partial charge < -0.3 is 10.2 Å². The SMILES string of the molecule is CCc1ccc(C2CNCCN2C(=O)Cn2cnc3c(cnn3C)c2=O)cc1.Cl. The van der Waals surface area contributed by atoms with Gasteiger partial charge in [-0.1, -0.05) is 31.2 Å². The molecule has 1 aliphatic rings. The number of carbonyl (C=O) groups is 1. The zero-order valence-electron chi connectivity index (χ0n) is 16.5. The molecule has 0 spiro atoms. The summed E-state index contributed by atoms with van der Waals surface area (Å²) in [6, 6.07) is 8.35. The van der Waals surface area contributed by atoms with Gasteiger partial charge in [-0.15, -0.1) is 12.4 Å². The second-order valence-electron chi connectivity index (χ2n) is 7.09. The van der Waals surface area contributed by atoms with E-state index in [0.717, 1.165) is 18.5 Å². The van der Waals surface area contributed by atoms with Gasteiger partial charge in [0.2, 0.25) is 5.91 Å². The van der Waals surface area contributed by atoms with Crippen molar-refractivity contribution in [2.24, 2.45) is 7.05 Å². The van der Waals surface area contributed by atoms with Crippen LogP contribution >= 0.6 is 12.4 Å². The number of benzene rings is 1. The molecule has 1 aromatic carbocycles. The predicted molar refractivity (Wildman–Crippen MR) is 113 cm³/mol. The van der Waals surface area contributed by atoms with Crippen molar-refractivity contribution >= 4 is 29.3 Å². The van der Waals surface area contributed by atoms with Gasteiger partial charge in [0.05, 0.1) is 12.2 Å². The molecule has 0 aliphatic carbocycles. The van der Waals surface area contributed by atoms with Crippen LogP contribution in [0.1, 0.15) is 24.1 Å². The second-order valence-corrected chi connectivity index (χ2v) is 7.09. The van der Waals surface area contributed by atoms with Gasteiger partial charge in [-0.2, -0.15) is 5.10 Å². The lowest BCUT2D eigenvalue weighted by Gasteiger charge is -2.36. The van der Waals surface area contributed by atoms with Crippen molar-refractivity contribution in [3.8, 4) is 0 Å². The van der Waals surface area contributed by atoms with Gasteiger partial charge in [-0.05, 0) is 17.5 Å². The third-order valence-corrected chi connectivity index (χ3v) is 5.36. The number of nitrogens with one attached hydrogen (secondary N) is 1. The monoisotopic (exact) mass is 416 g/mol. The van der Waals surface area contributed by atoms with E-state index >= 15 is 0 Å². The summed E-state index contributed by atoms with van der Waals surface area (Å²) in [6.07, 6.45) is 3.91. The molecule has 0 bridgehead atoms. The summed E-state index contributed by atoms with van der Waals surface area (Å²) in [7, 11) is 1.74. The molecule has 1 aliphatic heterocycles. The molecular formula is C20H25ClN6O2. The number of nitrogens with zero attached hydrogens (tertiary/aromatic N) is 5. The van der Waals surface area contributed by atoms with Crippen LogP contribution in [0.25, 0.3) is 11.0 Å². The van der Waals surface area contributed by atoms with Gasteiger partial charge in [0.1, 0.15) is 18.3 Å². The fourth-order valence-corrected chi connectivity index (χ4v) is 3.69. The summed E-state index contributed by atoms with van der Waals surface area (Å²) in [5.74, 6) is -0.0850. The molecule has 1 atom stereocenters. The zero-order chi connectivity index (χ0) is 19.7. The van der Waals surface area contributed by atoms with Crippen molar-refractivity contribution in [1.29, 1.82) is 0 Å². The van der Waals surface area contributed by atoms with E-state index in [4.69, 9.17) is 0 Å². The van der Waals surface area contributed by atoms with Crippen LogP contribution in [0.3, 0.4) is 0 Å². The van der Waals surface area contributed by atoms with Crippen LogP contribution in [0.5, 0.6) is 0 Å². The van der Waals surface area contributed by atoms with Crippen molar-refractivity contribution in [2.75, 3.05) is 19.6 Å². The normalized spacial score (nSPS) is 16.6. The van der Waals surface area contributed by atoms with Gasteiger partial charge in [0.15, 0.2) is 5.65 Å². The minimum atomic E-state index is -0.245. The molecule has 3 heterocycles. The fraction of sp³-hybridized carbons (Fsp3) is 0.400. The highest BCUT2D eigenvalue weighted by atomic mass is 35.5. The molecule has 2 aromatic heterocycles. The molecule has 0 radical (unpaired) electrons. The Hall–Kier alpha value is -2.71. The number of halogens is 1. The summed E-state index contributed by atoms with van der Waals surface area (Å²) in [5, 5.41) is 7.85. The van der Waals surface area contributed by atoms with E-state index in [2.05, 4.69) is 46.6 Å². The lowest BCUT2D eigenvalue weighted by atomic mass is 10.0. The van der Waals surface area contributed by atoms with Gasteiger partial charge in [0.25, 0.3) is 5.56 Å². The Morgan fingerprint density at radius 3 is 2.76 bits per heavy atom. The highest BCUT2D eigenvalue weighted by Gasteiger charge is 2.28. The molecule has 3 aromatic rings. The molecule has 9 heteroatoms. The number of piperazine rings is 1. The van der Waals surface area contributed by atoms with Crippen LogP contribution in [0.15, 0.2) is 41.6 Å². The smallest absolute Gasteiger partial charge is 0.264 e. The molecule has 8 nitrogen and oxygen atoms in total. The standard InChI is InChI=1S/C20H24N6O2.ClH/c1-3-14-4-6-15(7-5-14)17-11-21-8-9-26(17)18(27)12-25-13-22-19-16(20(25)28)10-23-24(19)2;/h4-7,10,13,17,21H,3,8-9,11-12H2,1-2H3;1H. The topological polar surface area (TPSA) is 85.1 Å². The van der Waals surface area contributed by atoms with Crippen LogP contribution < -0.4 is 10.9 Å². The van der Waals surface area contributed by atoms with Gasteiger partial charge in [-0.25, -0.2) is 4.98 Å². The number of carbonyl (C=O) groups excluding carboxylic acids is 1. The first-order chi connectivity index (χ1) is 13.6. The maximum absolute atomic E-state index is 13.1. The minimum Gasteiger partial charge on any atom is -0.332 e. The van der Waals surface area contributed by atoms with Crippen LogP contribution in [-0.2, 0) is 24.8 Å². The van der Waals surface area contributed by atoms with Crippen molar-refractivity contribution < 1.29 is 4.79 Å². The molecule has 1 saturated heterocycles. The first-order valence-electron chi connectivity index (χ1n) is 9.54. The number of rotatable bonds is 4. The van der Waals surface area contributed by atoms with E-state index in [1.54, 1.807) is 11.7 Å². The van der Waals surface area contributed by atoms with E-state index in [9.17, 15) is 9.59 Å². The lowest BCUT2D eigenvalue weighted by molar-refractivity contribution is -0.135. The van der Waals surface area contributed by atoms with Crippen molar-refractivity contribution in [2.45, 2.75) is 25.9 Å². The highest BCUT2D eigenvalue weighted by molar-refractivity contribution is 5.85. The zero-order valence-corrected chi connectivity index (χ0v) is 17.4. The van der Waals surface area contributed by atoms with E-state index in [1.165, 1.54) is 22.7 Å². The molecule has 1 N–H and O–H groups in total. The molecule has 0 saturated carbocycles. The molecular weight excluding hydrogens is 392 g/mol. The molecule has 29 heavy (non-hydrogen) atoms. The summed E-state index contributed by atoms with van der Waals surface area (Å²) in [4.78, 5) is 31.9. The Morgan fingerprint density at radius 1 is 1.28 bits per heavy atom. The predicted octanol–water partition coefficient (Wildman–Crippen LogP) is 1.29. The van der Waals surface area contributed by atoms with Crippen LogP contribution in [0, 0.1) is 0 Å². The first-order valence-corrected chi connectivity index (χ1v) is 9.54. The molecule has 1 amide bonds.